The fraction of sp³-hybridized carbons (Fsp3) is 0.316. The zero-order valence-corrected chi connectivity index (χ0v) is 15.5. The number of rotatable bonds is 6. The van der Waals surface area contributed by atoms with Gasteiger partial charge in [0.2, 0.25) is 5.91 Å². The molecule has 2 aromatic carbocycles. The maximum Gasteiger partial charge on any atom is 0.264 e. The van der Waals surface area contributed by atoms with E-state index in [-0.39, 0.29) is 10.6 Å². The minimum atomic E-state index is -4.02. The molecule has 0 spiro atoms. The molecule has 0 radical (unpaired) electrons. The van der Waals surface area contributed by atoms with Crippen molar-refractivity contribution in [3.05, 3.63) is 54.1 Å². The number of nitrogens with one attached hydrogen (secondary N) is 1. The van der Waals surface area contributed by atoms with Crippen molar-refractivity contribution in [1.82, 2.24) is 4.72 Å². The largest absolute Gasteiger partial charge is 0.493 e. The first-order chi connectivity index (χ1) is 12.4. The summed E-state index contributed by atoms with van der Waals surface area (Å²) >= 11 is 0. The van der Waals surface area contributed by atoms with E-state index >= 15 is 0 Å². The lowest BCUT2D eigenvalue weighted by molar-refractivity contribution is -0.128. The molecule has 2 aromatic rings. The standard InChI is InChI=1S/C19H21NO5S/c1-24-16-10-9-15(13-17(16)25-2)26(22,23)20-18(21)19(11-6-12-19)14-7-4-3-5-8-14/h3-5,7-10,13H,6,11-12H2,1-2H3,(H,20,21). The van der Waals surface area contributed by atoms with Gasteiger partial charge in [0.1, 0.15) is 0 Å². The number of carbonyl (C=O) groups excluding carboxylic acids is 1. The van der Waals surface area contributed by atoms with Gasteiger partial charge in [0.15, 0.2) is 11.5 Å². The van der Waals surface area contributed by atoms with Gasteiger partial charge in [-0.25, -0.2) is 13.1 Å². The first-order valence-corrected chi connectivity index (χ1v) is 9.76. The second kappa shape index (κ2) is 6.99. The minimum absolute atomic E-state index is 0.0500. The van der Waals surface area contributed by atoms with Crippen LogP contribution in [-0.2, 0) is 20.2 Å². The second-order valence-corrected chi connectivity index (χ2v) is 7.94. The van der Waals surface area contributed by atoms with Gasteiger partial charge in [-0.2, -0.15) is 0 Å². The molecule has 1 amide bonds. The van der Waals surface area contributed by atoms with E-state index < -0.39 is 21.3 Å². The van der Waals surface area contributed by atoms with Crippen LogP contribution < -0.4 is 14.2 Å². The zero-order chi connectivity index (χ0) is 18.8. The molecule has 138 valence electrons. The van der Waals surface area contributed by atoms with E-state index in [4.69, 9.17) is 9.47 Å². The molecular weight excluding hydrogens is 354 g/mol. The van der Waals surface area contributed by atoms with E-state index in [1.165, 1.54) is 32.4 Å². The van der Waals surface area contributed by atoms with Crippen molar-refractivity contribution >= 4 is 15.9 Å². The van der Waals surface area contributed by atoms with Crippen molar-refractivity contribution < 1.29 is 22.7 Å². The molecule has 7 heteroatoms. The SMILES string of the molecule is COc1ccc(S(=O)(=O)NC(=O)C2(c3ccccc3)CCC2)cc1OC. The summed E-state index contributed by atoms with van der Waals surface area (Å²) in [7, 11) is -1.13. The number of sulfonamides is 1. The van der Waals surface area contributed by atoms with Crippen molar-refractivity contribution in [3.8, 4) is 11.5 Å². The van der Waals surface area contributed by atoms with Gasteiger partial charge in [0.25, 0.3) is 10.0 Å². The molecule has 0 aliphatic heterocycles. The number of carbonyl (C=O) groups is 1. The van der Waals surface area contributed by atoms with Gasteiger partial charge in [-0.05, 0) is 30.5 Å². The van der Waals surface area contributed by atoms with Crippen LogP contribution in [-0.4, -0.2) is 28.5 Å². The summed E-state index contributed by atoms with van der Waals surface area (Å²) in [5.74, 6) is 0.200. The number of methoxy groups -OCH3 is 2. The van der Waals surface area contributed by atoms with Gasteiger partial charge in [-0.3, -0.25) is 4.79 Å². The molecule has 0 saturated heterocycles. The average Bonchev–Trinajstić information content (AvgIpc) is 2.60. The summed E-state index contributed by atoms with van der Waals surface area (Å²) in [6, 6.07) is 13.5. The van der Waals surface area contributed by atoms with Crippen LogP contribution in [0.2, 0.25) is 0 Å². The van der Waals surface area contributed by atoms with E-state index in [1.54, 1.807) is 0 Å². The Balaban J connectivity index is 1.89. The molecule has 0 atom stereocenters. The number of amides is 1. The second-order valence-electron chi connectivity index (χ2n) is 6.25. The van der Waals surface area contributed by atoms with Crippen LogP contribution in [0.3, 0.4) is 0 Å². The van der Waals surface area contributed by atoms with Crippen LogP contribution in [0, 0.1) is 0 Å². The molecule has 1 N–H and O–H groups in total. The molecule has 0 heterocycles. The fourth-order valence-electron chi connectivity index (χ4n) is 3.20. The summed E-state index contributed by atoms with van der Waals surface area (Å²) in [5.41, 5.74) is 0.0523. The van der Waals surface area contributed by atoms with Gasteiger partial charge in [0.05, 0.1) is 24.5 Å². The number of benzene rings is 2. The van der Waals surface area contributed by atoms with Gasteiger partial charge in [-0.15, -0.1) is 0 Å². The van der Waals surface area contributed by atoms with Crippen molar-refractivity contribution in [1.29, 1.82) is 0 Å². The molecule has 1 fully saturated rings. The van der Waals surface area contributed by atoms with Crippen LogP contribution in [0.5, 0.6) is 11.5 Å². The van der Waals surface area contributed by atoms with Crippen LogP contribution >= 0.6 is 0 Å². The van der Waals surface area contributed by atoms with Crippen LogP contribution in [0.4, 0.5) is 0 Å². The number of ether oxygens (including phenoxy) is 2. The highest BCUT2D eigenvalue weighted by atomic mass is 32.2. The molecule has 3 rings (SSSR count). The minimum Gasteiger partial charge on any atom is -0.493 e. The molecule has 0 aromatic heterocycles. The maximum atomic E-state index is 12.9. The Morgan fingerprint density at radius 2 is 1.65 bits per heavy atom. The van der Waals surface area contributed by atoms with E-state index in [2.05, 4.69) is 4.72 Å². The average molecular weight is 375 g/mol. The Labute approximate surface area is 153 Å². The third-order valence-electron chi connectivity index (χ3n) is 4.86. The predicted molar refractivity (Wildman–Crippen MR) is 96.8 cm³/mol. The summed E-state index contributed by atoms with van der Waals surface area (Å²) in [4.78, 5) is 12.8. The maximum absolute atomic E-state index is 12.9. The topological polar surface area (TPSA) is 81.7 Å². The number of hydrogen-bond donors (Lipinski definition) is 1. The lowest BCUT2D eigenvalue weighted by Gasteiger charge is -2.40. The smallest absolute Gasteiger partial charge is 0.264 e. The van der Waals surface area contributed by atoms with Crippen molar-refractivity contribution in [2.45, 2.75) is 29.6 Å². The highest BCUT2D eigenvalue weighted by Gasteiger charge is 2.46. The van der Waals surface area contributed by atoms with Crippen LogP contribution in [0.1, 0.15) is 24.8 Å². The van der Waals surface area contributed by atoms with Crippen LogP contribution in [0.25, 0.3) is 0 Å². The van der Waals surface area contributed by atoms with Gasteiger partial charge in [0, 0.05) is 6.07 Å². The first kappa shape index (κ1) is 18.3. The summed E-state index contributed by atoms with van der Waals surface area (Å²) < 4.78 is 37.9. The Hall–Kier alpha value is -2.54. The van der Waals surface area contributed by atoms with E-state index in [1.807, 2.05) is 30.3 Å². The van der Waals surface area contributed by atoms with Gasteiger partial charge in [-0.1, -0.05) is 36.8 Å². The molecule has 26 heavy (non-hydrogen) atoms. The molecule has 0 unspecified atom stereocenters. The summed E-state index contributed by atoms with van der Waals surface area (Å²) in [6.07, 6.45) is 2.15. The Bertz CT molecular complexity index is 905. The van der Waals surface area contributed by atoms with E-state index in [0.29, 0.717) is 18.6 Å². The Morgan fingerprint density at radius 3 is 2.19 bits per heavy atom. The monoisotopic (exact) mass is 375 g/mol. The molecular formula is C19H21NO5S. The lowest BCUT2D eigenvalue weighted by atomic mass is 9.64. The third kappa shape index (κ3) is 3.14. The van der Waals surface area contributed by atoms with Crippen molar-refractivity contribution in [3.63, 3.8) is 0 Å². The molecule has 0 bridgehead atoms. The highest BCUT2D eigenvalue weighted by molar-refractivity contribution is 7.90. The molecule has 1 aliphatic rings. The number of hydrogen-bond acceptors (Lipinski definition) is 5. The summed E-state index contributed by atoms with van der Waals surface area (Å²) in [6.45, 7) is 0. The summed E-state index contributed by atoms with van der Waals surface area (Å²) in [5, 5.41) is 0. The van der Waals surface area contributed by atoms with Gasteiger partial charge < -0.3 is 9.47 Å². The third-order valence-corrected chi connectivity index (χ3v) is 6.19. The zero-order valence-electron chi connectivity index (χ0n) is 14.7. The van der Waals surface area contributed by atoms with Crippen molar-refractivity contribution in [2.75, 3.05) is 14.2 Å². The fourth-order valence-corrected chi connectivity index (χ4v) is 4.26. The van der Waals surface area contributed by atoms with Gasteiger partial charge >= 0.3 is 0 Å². The predicted octanol–water partition coefficient (Wildman–Crippen LogP) is 2.63. The molecule has 1 saturated carbocycles. The quantitative estimate of drug-likeness (QED) is 0.839. The van der Waals surface area contributed by atoms with Crippen LogP contribution in [0.15, 0.2) is 53.4 Å². The Morgan fingerprint density at radius 1 is 1.00 bits per heavy atom. The Kier molecular flexibility index (Phi) is 4.91. The first-order valence-electron chi connectivity index (χ1n) is 8.28. The lowest BCUT2D eigenvalue weighted by Crippen LogP contribution is -2.50. The van der Waals surface area contributed by atoms with E-state index in [9.17, 15) is 13.2 Å². The normalized spacial score (nSPS) is 15.6. The van der Waals surface area contributed by atoms with Crippen molar-refractivity contribution in [2.24, 2.45) is 0 Å². The molecule has 1 aliphatic carbocycles. The van der Waals surface area contributed by atoms with E-state index in [0.717, 1.165) is 12.0 Å². The highest BCUT2D eigenvalue weighted by Crippen LogP contribution is 2.44. The molecule has 6 nitrogen and oxygen atoms in total.